The molecule has 2 unspecified atom stereocenters. The van der Waals surface area contributed by atoms with E-state index in [1.165, 1.54) is 0 Å². The van der Waals surface area contributed by atoms with Crippen molar-refractivity contribution in [1.82, 2.24) is 0 Å². The van der Waals surface area contributed by atoms with E-state index in [0.717, 1.165) is 0 Å². The molecule has 5 heteroatoms. The van der Waals surface area contributed by atoms with E-state index in [9.17, 15) is 9.69 Å². The lowest BCUT2D eigenvalue weighted by Gasteiger charge is -2.10. The number of esters is 1. The van der Waals surface area contributed by atoms with Crippen LogP contribution in [0.25, 0.3) is 0 Å². The highest BCUT2D eigenvalue weighted by atomic mass is 31.1. The minimum Gasteiger partial charge on any atom is -0.631 e. The molecule has 0 heterocycles. The Morgan fingerprint density at radius 2 is 1.82 bits per heavy atom. The van der Waals surface area contributed by atoms with E-state index in [-0.39, 0.29) is 18.2 Å². The molecule has 0 aliphatic heterocycles. The van der Waals surface area contributed by atoms with Gasteiger partial charge in [-0.15, -0.1) is 0 Å². The topological polar surface area (TPSA) is 58.6 Å². The molecule has 0 rings (SSSR count). The minimum absolute atomic E-state index is 0.138. The molecule has 0 bridgehead atoms. The molecular formula is C12H23O4P. The van der Waals surface area contributed by atoms with Gasteiger partial charge in [0.1, 0.15) is 12.1 Å². The van der Waals surface area contributed by atoms with Gasteiger partial charge in [0, 0.05) is 7.77 Å². The fourth-order valence-corrected chi connectivity index (χ4v) is 2.16. The van der Waals surface area contributed by atoms with E-state index < -0.39 is 13.7 Å². The summed E-state index contributed by atoms with van der Waals surface area (Å²) < 4.78 is 10.3. The number of rotatable bonds is 7. The second-order valence-electron chi connectivity index (χ2n) is 4.48. The first kappa shape index (κ1) is 16.6. The summed E-state index contributed by atoms with van der Waals surface area (Å²) in [5, 5.41) is 0. The molecule has 0 aromatic rings. The SMILES string of the molecule is CC(C)OCC[P+]([O-])=CC(C)C(=O)OC(C)C. The van der Waals surface area contributed by atoms with Gasteiger partial charge in [0.15, 0.2) is 0 Å². The maximum atomic E-state index is 11.6. The zero-order valence-electron chi connectivity index (χ0n) is 11.3. The summed E-state index contributed by atoms with van der Waals surface area (Å²) in [6.45, 7) is 9.59. The van der Waals surface area contributed by atoms with Crippen LogP contribution in [0.4, 0.5) is 0 Å². The van der Waals surface area contributed by atoms with Gasteiger partial charge in [-0.2, -0.15) is 0 Å². The highest BCUT2D eigenvalue weighted by Crippen LogP contribution is 2.13. The lowest BCUT2D eigenvalue weighted by atomic mass is 10.2. The normalized spacial score (nSPS) is 14.2. The van der Waals surface area contributed by atoms with Crippen molar-refractivity contribution < 1.29 is 19.2 Å². The number of ether oxygens (including phenoxy) is 2. The Morgan fingerprint density at radius 3 is 2.29 bits per heavy atom. The number of hydrogen-bond donors (Lipinski definition) is 0. The second kappa shape index (κ2) is 8.62. The number of carbonyl (C=O) groups excluding carboxylic acids is 1. The van der Waals surface area contributed by atoms with Gasteiger partial charge >= 0.3 is 5.97 Å². The monoisotopic (exact) mass is 262 g/mol. The van der Waals surface area contributed by atoms with E-state index in [1.807, 2.05) is 13.8 Å². The Bertz CT molecular complexity index is 261. The van der Waals surface area contributed by atoms with Crippen molar-refractivity contribution in [3.05, 3.63) is 0 Å². The second-order valence-corrected chi connectivity index (χ2v) is 6.06. The van der Waals surface area contributed by atoms with Gasteiger partial charge in [-0.1, -0.05) is 0 Å². The third-order valence-corrected chi connectivity index (χ3v) is 3.28. The smallest absolute Gasteiger partial charge is 0.316 e. The minimum atomic E-state index is -1.51. The summed E-state index contributed by atoms with van der Waals surface area (Å²) in [6, 6.07) is 0. The molecular weight excluding hydrogens is 239 g/mol. The van der Waals surface area contributed by atoms with E-state index in [2.05, 4.69) is 0 Å². The summed E-state index contributed by atoms with van der Waals surface area (Å²) in [5.41, 5.74) is 0. The van der Waals surface area contributed by atoms with Crippen LogP contribution in [-0.4, -0.2) is 36.7 Å². The third-order valence-electron chi connectivity index (χ3n) is 1.88. The molecule has 0 aromatic carbocycles. The molecule has 0 fully saturated rings. The zero-order valence-corrected chi connectivity index (χ0v) is 12.2. The molecule has 0 spiro atoms. The van der Waals surface area contributed by atoms with Crippen LogP contribution in [0.3, 0.4) is 0 Å². The Hall–Kier alpha value is -0.440. The van der Waals surface area contributed by atoms with E-state index >= 15 is 0 Å². The molecule has 4 nitrogen and oxygen atoms in total. The summed E-state index contributed by atoms with van der Waals surface area (Å²) in [7, 11) is -1.51. The molecule has 0 saturated carbocycles. The van der Waals surface area contributed by atoms with Crippen LogP contribution in [0.15, 0.2) is 0 Å². The Labute approximate surface area is 105 Å². The van der Waals surface area contributed by atoms with Crippen LogP contribution in [0.2, 0.25) is 0 Å². The van der Waals surface area contributed by atoms with Crippen molar-refractivity contribution in [1.29, 1.82) is 0 Å². The third kappa shape index (κ3) is 9.28. The van der Waals surface area contributed by atoms with Crippen LogP contribution >= 0.6 is 7.77 Å². The molecule has 0 aliphatic rings. The summed E-state index contributed by atoms with van der Waals surface area (Å²) >= 11 is 0. The van der Waals surface area contributed by atoms with Crippen molar-refractivity contribution in [2.45, 2.75) is 46.8 Å². The van der Waals surface area contributed by atoms with Crippen molar-refractivity contribution >= 4 is 19.5 Å². The van der Waals surface area contributed by atoms with Gasteiger partial charge in [0.25, 0.3) is 0 Å². The van der Waals surface area contributed by atoms with Crippen molar-refractivity contribution in [3.63, 3.8) is 0 Å². The quantitative estimate of drug-likeness (QED) is 0.516. The van der Waals surface area contributed by atoms with Crippen LogP contribution in [0.5, 0.6) is 0 Å². The number of hydrogen-bond acceptors (Lipinski definition) is 4. The van der Waals surface area contributed by atoms with Crippen molar-refractivity contribution in [2.75, 3.05) is 12.8 Å². The lowest BCUT2D eigenvalue weighted by Crippen LogP contribution is -2.20. The summed E-state index contributed by atoms with van der Waals surface area (Å²) in [6.07, 6.45) is 0.453. The molecule has 0 aliphatic carbocycles. The van der Waals surface area contributed by atoms with Crippen LogP contribution < -0.4 is 4.89 Å². The first-order chi connectivity index (χ1) is 7.82. The standard InChI is InChI=1S/C12H23O4P/c1-9(2)15-6-7-17(14)8-11(5)12(13)16-10(3)4/h8-11H,6-7H2,1-5H3. The largest absolute Gasteiger partial charge is 0.631 e. The fourth-order valence-electron chi connectivity index (χ4n) is 1.10. The number of carbonyl (C=O) groups is 1. The summed E-state index contributed by atoms with van der Waals surface area (Å²) in [4.78, 5) is 23.1. The first-order valence-corrected chi connectivity index (χ1v) is 7.45. The molecule has 2 atom stereocenters. The Balaban J connectivity index is 4.05. The molecule has 0 aromatic heterocycles. The maximum absolute atomic E-state index is 11.6. The van der Waals surface area contributed by atoms with E-state index in [0.29, 0.717) is 12.8 Å². The average molecular weight is 262 g/mol. The van der Waals surface area contributed by atoms with Crippen LogP contribution in [0.1, 0.15) is 34.6 Å². The highest BCUT2D eigenvalue weighted by molar-refractivity contribution is 7.50. The van der Waals surface area contributed by atoms with Gasteiger partial charge in [0.2, 0.25) is 0 Å². The van der Waals surface area contributed by atoms with Gasteiger partial charge in [-0.25, -0.2) is 0 Å². The predicted molar refractivity (Wildman–Crippen MR) is 69.3 cm³/mol. The molecule has 0 amide bonds. The van der Waals surface area contributed by atoms with Gasteiger partial charge in [-0.3, -0.25) is 4.79 Å². The van der Waals surface area contributed by atoms with Crippen molar-refractivity contribution in [3.8, 4) is 0 Å². The maximum Gasteiger partial charge on any atom is 0.316 e. The van der Waals surface area contributed by atoms with Gasteiger partial charge in [-0.05, 0) is 34.6 Å². The van der Waals surface area contributed by atoms with Gasteiger partial charge < -0.3 is 14.4 Å². The molecule has 0 N–H and O–H groups in total. The lowest BCUT2D eigenvalue weighted by molar-refractivity contribution is -0.154. The molecule has 100 valence electrons. The fraction of sp³-hybridized carbons (Fsp3) is 0.833. The van der Waals surface area contributed by atoms with E-state index in [4.69, 9.17) is 9.47 Å². The molecule has 0 saturated heterocycles. The van der Waals surface area contributed by atoms with Crippen LogP contribution in [0, 0.1) is 5.92 Å². The first-order valence-electron chi connectivity index (χ1n) is 5.93. The highest BCUT2D eigenvalue weighted by Gasteiger charge is 2.16. The van der Waals surface area contributed by atoms with E-state index in [1.54, 1.807) is 26.6 Å². The predicted octanol–water partition coefficient (Wildman–Crippen LogP) is 1.56. The Kier molecular flexibility index (Phi) is 8.40. The summed E-state index contributed by atoms with van der Waals surface area (Å²) in [5.74, 6) is 0.789. The Morgan fingerprint density at radius 1 is 1.24 bits per heavy atom. The van der Waals surface area contributed by atoms with Gasteiger partial charge in [0.05, 0.1) is 24.6 Å². The zero-order chi connectivity index (χ0) is 13.4. The average Bonchev–Trinajstić information content (AvgIpc) is 2.15. The molecule has 0 radical (unpaired) electrons. The van der Waals surface area contributed by atoms with Crippen molar-refractivity contribution in [2.24, 2.45) is 5.92 Å². The van der Waals surface area contributed by atoms with Crippen LogP contribution in [-0.2, 0) is 14.3 Å². The molecule has 17 heavy (non-hydrogen) atoms.